The molecule has 0 saturated heterocycles. The average molecular weight is 256 g/mol. The third-order valence-electron chi connectivity index (χ3n) is 2.53. The lowest BCUT2D eigenvalue weighted by atomic mass is 10.3. The molecule has 1 aromatic rings. The molecule has 0 atom stereocenters. The lowest BCUT2D eigenvalue weighted by Crippen LogP contribution is -2.20. The van der Waals surface area contributed by atoms with Gasteiger partial charge in [-0.25, -0.2) is 13.6 Å². The van der Waals surface area contributed by atoms with Gasteiger partial charge >= 0.3 is 0 Å². The Balaban J connectivity index is 2.51. The van der Waals surface area contributed by atoms with E-state index in [0.717, 1.165) is 12.8 Å². The van der Waals surface area contributed by atoms with E-state index in [1.54, 1.807) is 31.1 Å². The molecule has 5 nitrogen and oxygen atoms in total. The Morgan fingerprint density at radius 1 is 1.35 bits per heavy atom. The molecule has 1 fully saturated rings. The third-order valence-corrected chi connectivity index (χ3v) is 3.48. The van der Waals surface area contributed by atoms with Crippen molar-refractivity contribution in [1.82, 2.24) is 0 Å². The van der Waals surface area contributed by atoms with Gasteiger partial charge in [-0.15, -0.1) is 0 Å². The molecule has 1 aromatic carbocycles. The second-order valence-electron chi connectivity index (χ2n) is 4.36. The fourth-order valence-corrected chi connectivity index (χ4v) is 2.45. The molecule has 1 saturated carbocycles. The number of rotatable bonds is 4. The van der Waals surface area contributed by atoms with Crippen molar-refractivity contribution in [2.45, 2.75) is 23.8 Å². The van der Waals surface area contributed by atoms with Gasteiger partial charge in [-0.05, 0) is 25.0 Å². The lowest BCUT2D eigenvalue weighted by Gasteiger charge is -2.20. The summed E-state index contributed by atoms with van der Waals surface area (Å²) in [4.78, 5) is 1.80. The third kappa shape index (κ3) is 2.70. The monoisotopic (exact) mass is 256 g/mol. The second-order valence-corrected chi connectivity index (χ2v) is 5.89. The van der Waals surface area contributed by atoms with Crippen LogP contribution in [0.4, 0.5) is 5.69 Å². The minimum Gasteiger partial charge on any atom is -0.488 e. The van der Waals surface area contributed by atoms with Crippen LogP contribution < -0.4 is 14.8 Å². The molecule has 94 valence electrons. The van der Waals surface area contributed by atoms with E-state index in [2.05, 4.69) is 0 Å². The molecule has 2 rings (SSSR count). The molecule has 0 bridgehead atoms. The molecule has 17 heavy (non-hydrogen) atoms. The van der Waals surface area contributed by atoms with E-state index in [1.807, 2.05) is 0 Å². The van der Waals surface area contributed by atoms with Gasteiger partial charge < -0.3 is 9.64 Å². The van der Waals surface area contributed by atoms with Crippen molar-refractivity contribution in [3.05, 3.63) is 18.2 Å². The highest BCUT2D eigenvalue weighted by Crippen LogP contribution is 2.37. The molecule has 0 unspecified atom stereocenters. The minimum absolute atomic E-state index is 0.0978. The number of para-hydroxylation sites is 1. The van der Waals surface area contributed by atoms with Crippen molar-refractivity contribution in [2.75, 3.05) is 19.0 Å². The molecule has 2 N–H and O–H groups in total. The smallest absolute Gasteiger partial charge is 0.240 e. The SMILES string of the molecule is CN(C)c1c(OC2CC2)cccc1S(N)(=O)=O. The van der Waals surface area contributed by atoms with Crippen LogP contribution >= 0.6 is 0 Å². The average Bonchev–Trinajstić information content (AvgIpc) is 2.99. The Labute approximate surface area is 101 Å². The number of primary sulfonamides is 1. The summed E-state index contributed by atoms with van der Waals surface area (Å²) in [5.41, 5.74) is 0.516. The van der Waals surface area contributed by atoms with Crippen LogP contribution in [0.15, 0.2) is 23.1 Å². The summed E-state index contributed by atoms with van der Waals surface area (Å²) in [7, 11) is -0.203. The Hall–Kier alpha value is -1.27. The van der Waals surface area contributed by atoms with E-state index in [1.165, 1.54) is 6.07 Å². The van der Waals surface area contributed by atoms with Crippen LogP contribution in [0.1, 0.15) is 12.8 Å². The highest BCUT2D eigenvalue weighted by molar-refractivity contribution is 7.89. The number of hydrogen-bond donors (Lipinski definition) is 1. The molecule has 0 heterocycles. The summed E-state index contributed by atoms with van der Waals surface area (Å²) in [5, 5.41) is 5.20. The molecule has 0 aromatic heterocycles. The normalized spacial score (nSPS) is 15.7. The predicted molar refractivity (Wildman–Crippen MR) is 65.8 cm³/mol. The van der Waals surface area contributed by atoms with Gasteiger partial charge in [0, 0.05) is 14.1 Å². The van der Waals surface area contributed by atoms with Gasteiger partial charge in [-0.3, -0.25) is 0 Å². The molecule has 1 aliphatic rings. The Morgan fingerprint density at radius 3 is 2.47 bits per heavy atom. The molecule has 1 aliphatic carbocycles. The summed E-state index contributed by atoms with van der Waals surface area (Å²) in [6.45, 7) is 0. The molecule has 6 heteroatoms. The Kier molecular flexibility index (Phi) is 3.01. The van der Waals surface area contributed by atoms with Crippen molar-refractivity contribution in [2.24, 2.45) is 5.14 Å². The van der Waals surface area contributed by atoms with Crippen LogP contribution in [0.25, 0.3) is 0 Å². The van der Waals surface area contributed by atoms with Crippen LogP contribution in [-0.2, 0) is 10.0 Å². The molecular weight excluding hydrogens is 240 g/mol. The van der Waals surface area contributed by atoms with E-state index in [0.29, 0.717) is 11.4 Å². The Bertz CT molecular complexity index is 522. The van der Waals surface area contributed by atoms with E-state index < -0.39 is 10.0 Å². The van der Waals surface area contributed by atoms with Crippen molar-refractivity contribution < 1.29 is 13.2 Å². The van der Waals surface area contributed by atoms with Gasteiger partial charge in [0.05, 0.1) is 11.8 Å². The number of sulfonamides is 1. The largest absolute Gasteiger partial charge is 0.488 e. The summed E-state index contributed by atoms with van der Waals surface area (Å²) in [6, 6.07) is 4.90. The van der Waals surface area contributed by atoms with Crippen LogP contribution in [0.2, 0.25) is 0 Å². The highest BCUT2D eigenvalue weighted by atomic mass is 32.2. The number of nitrogens with two attached hydrogens (primary N) is 1. The summed E-state index contributed by atoms with van der Waals surface area (Å²) in [6.07, 6.45) is 2.25. The Morgan fingerprint density at radius 2 is 2.00 bits per heavy atom. The van der Waals surface area contributed by atoms with Crippen molar-refractivity contribution in [1.29, 1.82) is 0 Å². The zero-order valence-corrected chi connectivity index (χ0v) is 10.7. The van der Waals surface area contributed by atoms with Crippen molar-refractivity contribution >= 4 is 15.7 Å². The fourth-order valence-electron chi connectivity index (χ4n) is 1.63. The maximum absolute atomic E-state index is 11.5. The van der Waals surface area contributed by atoms with E-state index in [-0.39, 0.29) is 11.0 Å². The van der Waals surface area contributed by atoms with Gasteiger partial charge in [0.25, 0.3) is 0 Å². The first-order valence-corrected chi connectivity index (χ1v) is 6.94. The highest BCUT2D eigenvalue weighted by Gasteiger charge is 2.27. The topological polar surface area (TPSA) is 72.6 Å². The number of benzene rings is 1. The second kappa shape index (κ2) is 4.19. The van der Waals surface area contributed by atoms with Crippen LogP contribution in [-0.4, -0.2) is 28.6 Å². The van der Waals surface area contributed by atoms with E-state index >= 15 is 0 Å². The summed E-state index contributed by atoms with van der Waals surface area (Å²) < 4.78 is 28.7. The molecular formula is C11H16N2O3S. The molecule has 0 aliphatic heterocycles. The van der Waals surface area contributed by atoms with Crippen LogP contribution in [0.3, 0.4) is 0 Å². The van der Waals surface area contributed by atoms with E-state index in [9.17, 15) is 8.42 Å². The van der Waals surface area contributed by atoms with Gasteiger partial charge in [0.15, 0.2) is 0 Å². The fraction of sp³-hybridized carbons (Fsp3) is 0.455. The lowest BCUT2D eigenvalue weighted by molar-refractivity contribution is 0.303. The zero-order valence-electron chi connectivity index (χ0n) is 9.88. The summed E-state index contributed by atoms with van der Waals surface area (Å²) >= 11 is 0. The first-order chi connectivity index (χ1) is 7.89. The predicted octanol–water partition coefficient (Wildman–Crippen LogP) is 0.941. The molecule has 0 amide bonds. The first kappa shape index (κ1) is 12.2. The molecule has 0 spiro atoms. The first-order valence-electron chi connectivity index (χ1n) is 5.39. The maximum Gasteiger partial charge on any atom is 0.240 e. The van der Waals surface area contributed by atoms with Crippen molar-refractivity contribution in [3.63, 3.8) is 0 Å². The minimum atomic E-state index is -3.74. The van der Waals surface area contributed by atoms with Gasteiger partial charge in [-0.2, -0.15) is 0 Å². The number of ether oxygens (including phenoxy) is 1. The molecule has 0 radical (unpaired) electrons. The van der Waals surface area contributed by atoms with Gasteiger partial charge in [0.2, 0.25) is 10.0 Å². The van der Waals surface area contributed by atoms with Crippen LogP contribution in [0.5, 0.6) is 5.75 Å². The van der Waals surface area contributed by atoms with Crippen LogP contribution in [0, 0.1) is 0 Å². The number of nitrogens with zero attached hydrogens (tertiary/aromatic N) is 1. The quantitative estimate of drug-likeness (QED) is 0.870. The van der Waals surface area contributed by atoms with Gasteiger partial charge in [0.1, 0.15) is 10.6 Å². The number of anilines is 1. The van der Waals surface area contributed by atoms with Crippen molar-refractivity contribution in [3.8, 4) is 5.75 Å². The summed E-state index contributed by atoms with van der Waals surface area (Å²) in [5.74, 6) is 0.573. The standard InChI is InChI=1S/C11H16N2O3S/c1-13(2)11-9(16-8-6-7-8)4-3-5-10(11)17(12,14)15/h3-5,8H,6-7H2,1-2H3,(H2,12,14,15). The van der Waals surface area contributed by atoms with Gasteiger partial charge in [-0.1, -0.05) is 6.07 Å². The maximum atomic E-state index is 11.5. The number of hydrogen-bond acceptors (Lipinski definition) is 4. The van der Waals surface area contributed by atoms with E-state index in [4.69, 9.17) is 9.88 Å². The zero-order chi connectivity index (χ0) is 12.6.